The molecule has 166 valence electrons. The molecule has 0 spiro atoms. The molecule has 2 aromatic carbocycles. The van der Waals surface area contributed by atoms with E-state index in [-0.39, 0.29) is 21.5 Å². The van der Waals surface area contributed by atoms with Crippen molar-refractivity contribution in [3.05, 3.63) is 62.7 Å². The van der Waals surface area contributed by atoms with E-state index in [0.717, 1.165) is 30.5 Å². The molecule has 31 heavy (non-hydrogen) atoms. The van der Waals surface area contributed by atoms with E-state index in [2.05, 4.69) is 4.74 Å². The number of benzene rings is 2. The van der Waals surface area contributed by atoms with Gasteiger partial charge in [0.15, 0.2) is 16.4 Å². The molecule has 1 amide bonds. The third kappa shape index (κ3) is 6.15. The topological polar surface area (TPSA) is 133 Å². The molecule has 0 radical (unpaired) electrons. The fourth-order valence-electron chi connectivity index (χ4n) is 2.28. The minimum atomic E-state index is -5.01. The Bertz CT molecular complexity index is 1170. The van der Waals surface area contributed by atoms with Crippen LogP contribution in [0.2, 0.25) is 5.02 Å². The molecule has 0 fully saturated rings. The average Bonchev–Trinajstić information content (AvgIpc) is 2.64. The summed E-state index contributed by atoms with van der Waals surface area (Å²) in [5.41, 5.74) is -3.46. The van der Waals surface area contributed by atoms with Crippen molar-refractivity contribution in [3.63, 3.8) is 0 Å². The fraction of sp³-hybridized carbons (Fsp3) is 0.176. The maximum atomic E-state index is 13.1. The molecule has 0 aliphatic heterocycles. The van der Waals surface area contributed by atoms with Gasteiger partial charge in [0.05, 0.1) is 31.7 Å². The fourth-order valence-corrected chi connectivity index (χ4v) is 3.12. The first kappa shape index (κ1) is 24.1. The summed E-state index contributed by atoms with van der Waals surface area (Å²) >= 11 is 5.82. The van der Waals surface area contributed by atoms with Gasteiger partial charge in [0.1, 0.15) is 0 Å². The Hall–Kier alpha value is -3.19. The van der Waals surface area contributed by atoms with E-state index in [4.69, 9.17) is 11.6 Å². The van der Waals surface area contributed by atoms with Gasteiger partial charge in [0.25, 0.3) is 11.6 Å². The molecule has 14 heteroatoms. The predicted molar refractivity (Wildman–Crippen MR) is 102 cm³/mol. The molecular formula is C17H12ClF3N2O7S. The third-order valence-corrected chi connectivity index (χ3v) is 5.15. The van der Waals surface area contributed by atoms with Gasteiger partial charge in [-0.15, -0.1) is 0 Å². The third-order valence-electron chi connectivity index (χ3n) is 3.71. The van der Waals surface area contributed by atoms with Crippen LogP contribution in [0.5, 0.6) is 0 Å². The molecule has 0 saturated heterocycles. The lowest BCUT2D eigenvalue weighted by Gasteiger charge is -2.14. The second-order valence-electron chi connectivity index (χ2n) is 6.02. The lowest BCUT2D eigenvalue weighted by molar-refractivity contribution is -0.385. The van der Waals surface area contributed by atoms with Crippen molar-refractivity contribution in [2.24, 2.45) is 0 Å². The normalized spacial score (nSPS) is 11.6. The van der Waals surface area contributed by atoms with Gasteiger partial charge in [-0.2, -0.15) is 13.2 Å². The zero-order valence-corrected chi connectivity index (χ0v) is 17.0. The highest BCUT2D eigenvalue weighted by Crippen LogP contribution is 2.37. The van der Waals surface area contributed by atoms with Crippen LogP contribution < -0.4 is 5.32 Å². The van der Waals surface area contributed by atoms with Crippen molar-refractivity contribution in [3.8, 4) is 0 Å². The van der Waals surface area contributed by atoms with Crippen LogP contribution in [-0.4, -0.2) is 38.1 Å². The molecule has 1 N–H and O–H groups in total. The van der Waals surface area contributed by atoms with E-state index < -0.39 is 56.4 Å². The Morgan fingerprint density at radius 2 is 1.84 bits per heavy atom. The van der Waals surface area contributed by atoms with Crippen LogP contribution in [-0.2, 0) is 25.5 Å². The number of rotatable bonds is 6. The van der Waals surface area contributed by atoms with E-state index in [9.17, 15) is 41.3 Å². The monoisotopic (exact) mass is 480 g/mol. The van der Waals surface area contributed by atoms with Crippen LogP contribution in [0.3, 0.4) is 0 Å². The van der Waals surface area contributed by atoms with Crippen molar-refractivity contribution >= 4 is 44.7 Å². The van der Waals surface area contributed by atoms with Crippen molar-refractivity contribution in [1.82, 2.24) is 0 Å². The maximum Gasteiger partial charge on any atom is 0.418 e. The number of hydrogen-bond acceptors (Lipinski definition) is 7. The molecule has 0 bridgehead atoms. The Balaban J connectivity index is 2.16. The molecule has 0 atom stereocenters. The van der Waals surface area contributed by atoms with Crippen LogP contribution in [0.25, 0.3) is 0 Å². The first-order valence-corrected chi connectivity index (χ1v) is 10.3. The summed E-state index contributed by atoms with van der Waals surface area (Å²) in [5, 5.41) is 12.4. The highest BCUT2D eigenvalue weighted by molar-refractivity contribution is 7.90. The molecule has 2 rings (SSSR count). The Morgan fingerprint density at radius 3 is 2.39 bits per heavy atom. The van der Waals surface area contributed by atoms with E-state index in [1.807, 2.05) is 5.32 Å². The number of nitro groups is 1. The van der Waals surface area contributed by atoms with Crippen LogP contribution in [0.1, 0.15) is 15.9 Å². The second kappa shape index (κ2) is 8.89. The minimum Gasteiger partial charge on any atom is -0.452 e. The van der Waals surface area contributed by atoms with Crippen molar-refractivity contribution in [2.75, 3.05) is 18.2 Å². The van der Waals surface area contributed by atoms with Crippen LogP contribution in [0.15, 0.2) is 41.3 Å². The molecular weight excluding hydrogens is 469 g/mol. The summed E-state index contributed by atoms with van der Waals surface area (Å²) in [6, 6.07) is 4.89. The summed E-state index contributed by atoms with van der Waals surface area (Å²) in [6.45, 7) is -1.04. The molecule has 0 saturated carbocycles. The Labute approximate surface area is 177 Å². The molecule has 0 aliphatic rings. The maximum absolute atomic E-state index is 13.1. The van der Waals surface area contributed by atoms with Crippen molar-refractivity contribution in [2.45, 2.75) is 11.1 Å². The number of alkyl halides is 3. The number of nitrogens with zero attached hydrogens (tertiary/aromatic N) is 1. The zero-order valence-electron chi connectivity index (χ0n) is 15.4. The number of anilines is 1. The molecule has 0 unspecified atom stereocenters. The van der Waals surface area contributed by atoms with Crippen LogP contribution in [0.4, 0.5) is 24.5 Å². The van der Waals surface area contributed by atoms with Crippen molar-refractivity contribution in [1.29, 1.82) is 0 Å². The highest BCUT2D eigenvalue weighted by Gasteiger charge is 2.35. The summed E-state index contributed by atoms with van der Waals surface area (Å²) in [6.07, 6.45) is -4.12. The van der Waals surface area contributed by atoms with E-state index in [1.54, 1.807) is 0 Å². The first-order valence-electron chi connectivity index (χ1n) is 8.02. The lowest BCUT2D eigenvalue weighted by Crippen LogP contribution is -2.23. The molecule has 0 aliphatic carbocycles. The zero-order chi connectivity index (χ0) is 23.6. The number of amides is 1. The van der Waals surface area contributed by atoms with E-state index in [1.165, 1.54) is 0 Å². The van der Waals surface area contributed by atoms with Crippen molar-refractivity contribution < 1.29 is 40.8 Å². The molecule has 2 aromatic rings. The van der Waals surface area contributed by atoms with Gasteiger partial charge in [-0.25, -0.2) is 13.2 Å². The largest absolute Gasteiger partial charge is 0.452 e. The number of carbonyl (C=O) groups is 2. The lowest BCUT2D eigenvalue weighted by atomic mass is 10.1. The Kier molecular flexibility index (Phi) is 6.91. The number of sulfone groups is 1. The highest BCUT2D eigenvalue weighted by atomic mass is 35.5. The molecule has 0 heterocycles. The smallest absolute Gasteiger partial charge is 0.418 e. The molecule has 0 aromatic heterocycles. The number of esters is 1. The first-order chi connectivity index (χ1) is 14.2. The van der Waals surface area contributed by atoms with Gasteiger partial charge < -0.3 is 10.1 Å². The number of nitro benzene ring substituents is 1. The standard InChI is InChI=1S/C17H12ClF3N2O7S/c1-31(28,29)10-3-4-13(18)11(7-10)16(25)30-8-15(24)22-14-5-2-9(23(26)27)6-12(14)17(19,20)21/h2-7H,8H2,1H3,(H,22,24). The van der Waals surface area contributed by atoms with Crippen LogP contribution >= 0.6 is 11.6 Å². The quantitative estimate of drug-likeness (QED) is 0.380. The molecule has 9 nitrogen and oxygen atoms in total. The average molecular weight is 481 g/mol. The number of hydrogen-bond donors (Lipinski definition) is 1. The number of non-ortho nitro benzene ring substituents is 1. The van der Waals surface area contributed by atoms with Gasteiger partial charge in [0, 0.05) is 18.4 Å². The minimum absolute atomic E-state index is 0.174. The number of nitrogens with one attached hydrogen (secondary N) is 1. The predicted octanol–water partition coefficient (Wildman–Crippen LogP) is 3.47. The van der Waals surface area contributed by atoms with Gasteiger partial charge in [-0.1, -0.05) is 11.6 Å². The van der Waals surface area contributed by atoms with Gasteiger partial charge in [0.2, 0.25) is 0 Å². The van der Waals surface area contributed by atoms with Crippen LogP contribution in [0, 0.1) is 10.1 Å². The number of halogens is 4. The van der Waals surface area contributed by atoms with Gasteiger partial charge in [-0.3, -0.25) is 14.9 Å². The van der Waals surface area contributed by atoms with E-state index in [0.29, 0.717) is 6.07 Å². The number of ether oxygens (including phenoxy) is 1. The summed E-state index contributed by atoms with van der Waals surface area (Å²) in [4.78, 5) is 33.5. The van der Waals surface area contributed by atoms with Gasteiger partial charge in [-0.05, 0) is 24.3 Å². The second-order valence-corrected chi connectivity index (χ2v) is 8.45. The Morgan fingerprint density at radius 1 is 1.19 bits per heavy atom. The number of carbonyl (C=O) groups excluding carboxylic acids is 2. The summed E-state index contributed by atoms with van der Waals surface area (Å²) in [7, 11) is -3.68. The SMILES string of the molecule is CS(=O)(=O)c1ccc(Cl)c(C(=O)OCC(=O)Nc2ccc([N+](=O)[O-])cc2C(F)(F)F)c1. The van der Waals surface area contributed by atoms with E-state index >= 15 is 0 Å². The summed E-state index contributed by atoms with van der Waals surface area (Å²) < 4.78 is 67.2. The summed E-state index contributed by atoms with van der Waals surface area (Å²) in [5.74, 6) is -2.37. The van der Waals surface area contributed by atoms with Gasteiger partial charge >= 0.3 is 12.1 Å².